The molecule has 0 spiro atoms. The highest BCUT2D eigenvalue weighted by Crippen LogP contribution is 2.19. The summed E-state index contributed by atoms with van der Waals surface area (Å²) in [4.78, 5) is 3.08. The third-order valence-corrected chi connectivity index (χ3v) is 4.81. The van der Waals surface area contributed by atoms with Crippen LogP contribution in [0.25, 0.3) is 0 Å². The van der Waals surface area contributed by atoms with Gasteiger partial charge in [0.05, 0.1) is 4.90 Å². The van der Waals surface area contributed by atoms with E-state index < -0.39 is 15.6 Å². The summed E-state index contributed by atoms with van der Waals surface area (Å²) < 4.78 is 27.0. The Hall–Kier alpha value is -0.850. The smallest absolute Gasteiger partial charge is 0.242 e. The Balaban J connectivity index is 2.96. The fraction of sp³-hybridized carbons (Fsp3) is 0.636. The number of rotatable bonds is 6. The topological polar surface area (TPSA) is 88.0 Å². The lowest BCUT2D eigenvalue weighted by Gasteiger charge is -2.27. The van der Waals surface area contributed by atoms with Crippen molar-refractivity contribution in [3.05, 3.63) is 18.0 Å². The number of sulfonamides is 1. The minimum atomic E-state index is -3.47. The van der Waals surface area contributed by atoms with Crippen LogP contribution in [0.2, 0.25) is 0 Å². The maximum absolute atomic E-state index is 12.1. The molecule has 1 heterocycles. The molecule has 0 radical (unpaired) electrons. The van der Waals surface area contributed by atoms with Crippen LogP contribution >= 0.6 is 0 Å². The first kappa shape index (κ1) is 14.2. The van der Waals surface area contributed by atoms with Crippen LogP contribution in [0.4, 0.5) is 0 Å². The fourth-order valence-electron chi connectivity index (χ4n) is 1.47. The van der Waals surface area contributed by atoms with Crippen molar-refractivity contribution >= 4 is 10.0 Å². The standard InChI is InChI=1S/C11H21N3O2S/c1-4-11(3,5-2)14-17(15,16)10-6-9(7-12)13-8-10/h6,8,13-14H,4-5,7,12H2,1-3H3. The van der Waals surface area contributed by atoms with Gasteiger partial charge in [-0.15, -0.1) is 0 Å². The zero-order chi connectivity index (χ0) is 13.1. The van der Waals surface area contributed by atoms with Crippen molar-refractivity contribution < 1.29 is 8.42 Å². The molecular formula is C11H21N3O2S. The van der Waals surface area contributed by atoms with E-state index >= 15 is 0 Å². The number of hydrogen-bond acceptors (Lipinski definition) is 3. The molecule has 1 aromatic heterocycles. The maximum Gasteiger partial charge on any atom is 0.242 e. The molecule has 5 nitrogen and oxygen atoms in total. The number of nitrogens with one attached hydrogen (secondary N) is 2. The van der Waals surface area contributed by atoms with Crippen molar-refractivity contribution in [3.8, 4) is 0 Å². The normalized spacial score (nSPS) is 12.9. The molecule has 4 N–H and O–H groups in total. The summed E-state index contributed by atoms with van der Waals surface area (Å²) in [5, 5.41) is 0. The molecule has 0 aromatic carbocycles. The number of aromatic amines is 1. The van der Waals surface area contributed by atoms with Crippen LogP contribution in [0.5, 0.6) is 0 Å². The average molecular weight is 259 g/mol. The van der Waals surface area contributed by atoms with Crippen LogP contribution in [-0.2, 0) is 16.6 Å². The van der Waals surface area contributed by atoms with Crippen LogP contribution in [0.3, 0.4) is 0 Å². The van der Waals surface area contributed by atoms with Gasteiger partial charge in [0.25, 0.3) is 0 Å². The number of nitrogens with two attached hydrogens (primary N) is 1. The quantitative estimate of drug-likeness (QED) is 0.720. The Morgan fingerprint density at radius 3 is 2.41 bits per heavy atom. The molecule has 0 aliphatic rings. The van der Waals surface area contributed by atoms with E-state index in [-0.39, 0.29) is 4.90 Å². The molecule has 0 bridgehead atoms. The predicted molar refractivity (Wildman–Crippen MR) is 68.0 cm³/mol. The van der Waals surface area contributed by atoms with Gasteiger partial charge in [0, 0.05) is 24.0 Å². The summed E-state index contributed by atoms with van der Waals surface area (Å²) in [6, 6.07) is 1.56. The van der Waals surface area contributed by atoms with Crippen LogP contribution in [0, 0.1) is 0 Å². The van der Waals surface area contributed by atoms with Crippen molar-refractivity contribution in [2.45, 2.75) is 50.6 Å². The molecule has 98 valence electrons. The minimum absolute atomic E-state index is 0.242. The second kappa shape index (κ2) is 5.20. The van der Waals surface area contributed by atoms with Gasteiger partial charge in [0.1, 0.15) is 0 Å². The Bertz CT molecular complexity index is 461. The van der Waals surface area contributed by atoms with Gasteiger partial charge < -0.3 is 10.7 Å². The van der Waals surface area contributed by atoms with Crippen LogP contribution in [-0.4, -0.2) is 18.9 Å². The lowest BCUT2D eigenvalue weighted by Crippen LogP contribution is -2.44. The molecule has 0 saturated heterocycles. The fourth-order valence-corrected chi connectivity index (χ4v) is 3.04. The van der Waals surface area contributed by atoms with Gasteiger partial charge in [0.15, 0.2) is 0 Å². The molecule has 0 atom stereocenters. The van der Waals surface area contributed by atoms with Crippen LogP contribution in [0.15, 0.2) is 17.2 Å². The summed E-state index contributed by atoms with van der Waals surface area (Å²) in [7, 11) is -3.47. The van der Waals surface area contributed by atoms with Gasteiger partial charge in [-0.25, -0.2) is 13.1 Å². The van der Waals surface area contributed by atoms with Crippen molar-refractivity contribution in [2.75, 3.05) is 0 Å². The summed E-state index contributed by atoms with van der Waals surface area (Å²) in [6.45, 7) is 6.14. The third kappa shape index (κ3) is 3.31. The second-order valence-electron chi connectivity index (χ2n) is 4.44. The van der Waals surface area contributed by atoms with E-state index in [9.17, 15) is 8.42 Å². The second-order valence-corrected chi connectivity index (χ2v) is 6.12. The monoisotopic (exact) mass is 259 g/mol. The number of hydrogen-bond donors (Lipinski definition) is 3. The van der Waals surface area contributed by atoms with E-state index in [0.717, 1.165) is 12.8 Å². The molecular weight excluding hydrogens is 238 g/mol. The largest absolute Gasteiger partial charge is 0.363 e. The van der Waals surface area contributed by atoms with Gasteiger partial charge >= 0.3 is 0 Å². The van der Waals surface area contributed by atoms with E-state index in [2.05, 4.69) is 9.71 Å². The molecule has 1 aromatic rings. The van der Waals surface area contributed by atoms with E-state index in [4.69, 9.17) is 5.73 Å². The van der Waals surface area contributed by atoms with Crippen molar-refractivity contribution in [1.82, 2.24) is 9.71 Å². The molecule has 0 saturated carbocycles. The molecule has 0 unspecified atom stereocenters. The van der Waals surface area contributed by atoms with Gasteiger partial charge in [-0.2, -0.15) is 0 Å². The van der Waals surface area contributed by atoms with Crippen molar-refractivity contribution in [1.29, 1.82) is 0 Å². The summed E-state index contributed by atoms with van der Waals surface area (Å²) >= 11 is 0. The molecule has 0 aliphatic heterocycles. The van der Waals surface area contributed by atoms with E-state index in [1.807, 2.05) is 20.8 Å². The first-order chi connectivity index (χ1) is 7.87. The van der Waals surface area contributed by atoms with E-state index in [0.29, 0.717) is 12.2 Å². The molecule has 17 heavy (non-hydrogen) atoms. The average Bonchev–Trinajstić information content (AvgIpc) is 2.77. The third-order valence-electron chi connectivity index (χ3n) is 3.19. The molecule has 0 amide bonds. The van der Waals surface area contributed by atoms with Crippen LogP contribution in [0.1, 0.15) is 39.3 Å². The summed E-state index contributed by atoms with van der Waals surface area (Å²) in [5.41, 5.74) is 5.74. The Morgan fingerprint density at radius 1 is 1.41 bits per heavy atom. The summed E-state index contributed by atoms with van der Waals surface area (Å²) in [5.74, 6) is 0. The van der Waals surface area contributed by atoms with Gasteiger partial charge in [-0.1, -0.05) is 13.8 Å². The van der Waals surface area contributed by atoms with Gasteiger partial charge in [-0.3, -0.25) is 0 Å². The molecule has 1 rings (SSSR count). The van der Waals surface area contributed by atoms with Gasteiger partial charge in [-0.05, 0) is 25.8 Å². The highest BCUT2D eigenvalue weighted by molar-refractivity contribution is 7.89. The first-order valence-corrected chi connectivity index (χ1v) is 7.26. The summed E-state index contributed by atoms with van der Waals surface area (Å²) in [6.07, 6.45) is 2.96. The zero-order valence-corrected chi connectivity index (χ0v) is 11.4. The highest BCUT2D eigenvalue weighted by Gasteiger charge is 2.27. The first-order valence-electron chi connectivity index (χ1n) is 5.78. The molecule has 0 aliphatic carbocycles. The predicted octanol–water partition coefficient (Wildman–Crippen LogP) is 1.33. The number of H-pyrrole nitrogens is 1. The van der Waals surface area contributed by atoms with Crippen molar-refractivity contribution in [2.24, 2.45) is 5.73 Å². The number of aromatic nitrogens is 1. The molecule has 6 heteroatoms. The minimum Gasteiger partial charge on any atom is -0.363 e. The lowest BCUT2D eigenvalue weighted by molar-refractivity contribution is 0.389. The van der Waals surface area contributed by atoms with Crippen LogP contribution < -0.4 is 10.5 Å². The maximum atomic E-state index is 12.1. The Morgan fingerprint density at radius 2 is 2.00 bits per heavy atom. The molecule has 0 fully saturated rings. The van der Waals surface area contributed by atoms with E-state index in [1.54, 1.807) is 6.07 Å². The highest BCUT2D eigenvalue weighted by atomic mass is 32.2. The zero-order valence-electron chi connectivity index (χ0n) is 10.6. The SMILES string of the molecule is CCC(C)(CC)NS(=O)(=O)c1c[nH]c(CN)c1. The lowest BCUT2D eigenvalue weighted by atomic mass is 9.98. The Kier molecular flexibility index (Phi) is 4.35. The Labute approximate surface area is 103 Å². The van der Waals surface area contributed by atoms with Crippen molar-refractivity contribution in [3.63, 3.8) is 0 Å². The van der Waals surface area contributed by atoms with E-state index in [1.165, 1.54) is 6.20 Å². The van der Waals surface area contributed by atoms with Gasteiger partial charge in [0.2, 0.25) is 10.0 Å².